The SMILES string of the molecule is CCCCCCCCCCCCCCCCCCCCCCC[C@@H](O)C(=O)N[C@@H](CO[C@H]1O[C@H](CO)[C@H](O[C@H]2O[C@H](CO)[C@@H](O)[C@H](O)[C@H]2NC(C)=O)[C@H](O)[C@H]1O)[C@H](O)[C@H](O)CCCCCCCCCCCCCCCCC. The van der Waals surface area contributed by atoms with Crippen molar-refractivity contribution in [2.75, 3.05) is 19.8 Å². The summed E-state index contributed by atoms with van der Waals surface area (Å²) in [6.45, 7) is 3.61. The van der Waals surface area contributed by atoms with Crippen molar-refractivity contribution in [3.05, 3.63) is 0 Å². The maximum absolute atomic E-state index is 13.4. The number of nitrogens with one attached hydrogen (secondary N) is 2. The maximum atomic E-state index is 13.4. The molecule has 17 nitrogen and oxygen atoms in total. The van der Waals surface area contributed by atoms with Gasteiger partial charge in [0, 0.05) is 6.92 Å². The summed E-state index contributed by atoms with van der Waals surface area (Å²) in [6.07, 6.45) is 25.8. The van der Waals surface area contributed by atoms with E-state index in [1.807, 2.05) is 0 Å². The van der Waals surface area contributed by atoms with Crippen LogP contribution in [0, 0.1) is 0 Å². The van der Waals surface area contributed by atoms with E-state index < -0.39 is 117 Å². The lowest BCUT2D eigenvalue weighted by Gasteiger charge is -2.47. The highest BCUT2D eigenvalue weighted by Gasteiger charge is 2.51. The number of hydrogen-bond acceptors (Lipinski definition) is 15. The van der Waals surface area contributed by atoms with Crippen LogP contribution in [0.2, 0.25) is 0 Å². The highest BCUT2D eigenvalue weighted by molar-refractivity contribution is 5.80. The average molecular weight is 1110 g/mol. The van der Waals surface area contributed by atoms with Crippen LogP contribution in [0.25, 0.3) is 0 Å². The number of ether oxygens (including phenoxy) is 4. The summed E-state index contributed by atoms with van der Waals surface area (Å²) < 4.78 is 23.2. The highest BCUT2D eigenvalue weighted by atomic mass is 16.7. The summed E-state index contributed by atoms with van der Waals surface area (Å²) >= 11 is 0. The van der Waals surface area contributed by atoms with Gasteiger partial charge in [0.15, 0.2) is 12.6 Å². The van der Waals surface area contributed by atoms with Crippen LogP contribution in [0.5, 0.6) is 0 Å². The molecule has 14 atom stereocenters. The fourth-order valence-electron chi connectivity index (χ4n) is 10.9. The van der Waals surface area contributed by atoms with Crippen molar-refractivity contribution in [3.63, 3.8) is 0 Å². The molecule has 456 valence electrons. The summed E-state index contributed by atoms with van der Waals surface area (Å²) in [4.78, 5) is 25.4. The molecule has 2 heterocycles. The van der Waals surface area contributed by atoms with E-state index in [1.165, 1.54) is 173 Å². The molecular formula is C60H116N2O15. The zero-order chi connectivity index (χ0) is 56.5. The number of amides is 2. The number of hydrogen-bond donors (Lipinski definition) is 11. The van der Waals surface area contributed by atoms with E-state index in [9.17, 15) is 55.5 Å². The number of aliphatic hydroxyl groups excluding tert-OH is 9. The fourth-order valence-corrected chi connectivity index (χ4v) is 10.9. The molecule has 0 aromatic heterocycles. The molecule has 0 aliphatic carbocycles. The highest BCUT2D eigenvalue weighted by Crippen LogP contribution is 2.30. The topological polar surface area (TPSA) is 277 Å². The second kappa shape index (κ2) is 46.0. The summed E-state index contributed by atoms with van der Waals surface area (Å²) in [5, 5.41) is 103. The smallest absolute Gasteiger partial charge is 0.249 e. The van der Waals surface area contributed by atoms with Crippen molar-refractivity contribution in [2.45, 2.75) is 350 Å². The third kappa shape index (κ3) is 31.4. The lowest BCUT2D eigenvalue weighted by atomic mass is 9.95. The second-order valence-electron chi connectivity index (χ2n) is 22.9. The summed E-state index contributed by atoms with van der Waals surface area (Å²) in [7, 11) is 0. The van der Waals surface area contributed by atoms with Crippen LogP contribution in [0.15, 0.2) is 0 Å². The minimum atomic E-state index is -1.86. The molecule has 0 aromatic rings. The van der Waals surface area contributed by atoms with E-state index in [4.69, 9.17) is 18.9 Å². The molecule has 2 aliphatic rings. The predicted molar refractivity (Wildman–Crippen MR) is 301 cm³/mol. The van der Waals surface area contributed by atoms with Gasteiger partial charge < -0.3 is 75.5 Å². The number of rotatable bonds is 50. The van der Waals surface area contributed by atoms with E-state index in [1.54, 1.807) is 0 Å². The number of carbonyl (C=O) groups is 2. The second-order valence-corrected chi connectivity index (χ2v) is 22.9. The molecule has 2 rings (SSSR count). The molecule has 11 N–H and O–H groups in total. The number of unbranched alkanes of at least 4 members (excludes halogenated alkanes) is 34. The molecule has 2 amide bonds. The Balaban J connectivity index is 1.86. The monoisotopic (exact) mass is 1100 g/mol. The van der Waals surface area contributed by atoms with Crippen LogP contribution in [0.3, 0.4) is 0 Å². The zero-order valence-electron chi connectivity index (χ0n) is 48.5. The van der Waals surface area contributed by atoms with Crippen molar-refractivity contribution < 1.29 is 74.5 Å². The van der Waals surface area contributed by atoms with Crippen LogP contribution in [-0.4, -0.2) is 163 Å². The Kier molecular flexibility index (Phi) is 42.7. The predicted octanol–water partition coefficient (Wildman–Crippen LogP) is 8.20. The van der Waals surface area contributed by atoms with Gasteiger partial charge in [-0.2, -0.15) is 0 Å². The molecule has 77 heavy (non-hydrogen) atoms. The van der Waals surface area contributed by atoms with Crippen molar-refractivity contribution in [1.29, 1.82) is 0 Å². The van der Waals surface area contributed by atoms with Gasteiger partial charge in [-0.25, -0.2) is 0 Å². The first-order chi connectivity index (χ1) is 37.3. The zero-order valence-corrected chi connectivity index (χ0v) is 48.5. The van der Waals surface area contributed by atoms with Gasteiger partial charge in [-0.15, -0.1) is 0 Å². The van der Waals surface area contributed by atoms with Crippen LogP contribution in [0.1, 0.15) is 265 Å². The third-order valence-corrected chi connectivity index (χ3v) is 15.9. The van der Waals surface area contributed by atoms with E-state index >= 15 is 0 Å². The largest absolute Gasteiger partial charge is 0.394 e. The normalized spacial score (nSPS) is 25.4. The Labute approximate surface area is 465 Å². The Morgan fingerprint density at radius 2 is 0.857 bits per heavy atom. The molecule has 0 saturated carbocycles. The first-order valence-electron chi connectivity index (χ1n) is 31.4. The van der Waals surface area contributed by atoms with E-state index in [0.717, 1.165) is 51.9 Å². The molecule has 17 heteroatoms. The molecule has 2 aliphatic heterocycles. The lowest BCUT2D eigenvalue weighted by Crippen LogP contribution is -2.67. The van der Waals surface area contributed by atoms with Gasteiger partial charge in [-0.3, -0.25) is 9.59 Å². The molecule has 2 saturated heterocycles. The van der Waals surface area contributed by atoms with Crippen LogP contribution >= 0.6 is 0 Å². The number of carbonyl (C=O) groups excluding carboxylic acids is 2. The molecule has 0 aromatic carbocycles. The van der Waals surface area contributed by atoms with Gasteiger partial charge in [0.2, 0.25) is 11.8 Å². The van der Waals surface area contributed by atoms with Crippen LogP contribution in [0.4, 0.5) is 0 Å². The fraction of sp³-hybridized carbons (Fsp3) is 0.967. The maximum Gasteiger partial charge on any atom is 0.249 e. The van der Waals surface area contributed by atoms with E-state index in [-0.39, 0.29) is 12.8 Å². The van der Waals surface area contributed by atoms with Gasteiger partial charge in [0.25, 0.3) is 0 Å². The molecule has 0 spiro atoms. The molecule has 0 radical (unpaired) electrons. The first-order valence-corrected chi connectivity index (χ1v) is 31.4. The van der Waals surface area contributed by atoms with Crippen molar-refractivity contribution in [2.24, 2.45) is 0 Å². The molecule has 0 bridgehead atoms. The standard InChI is InChI=1S/C60H116N2O15/c1-4-6-8-10-12-14-16-18-20-21-22-23-24-25-27-29-31-33-35-37-39-41-48(67)58(73)62-46(52(68)47(66)40-38-36-34-32-30-28-26-19-17-15-13-11-9-7-5-2)44-74-60-56(72)55(71)57(50(43-64)76-60)77-59-51(61-45(3)65)54(70)53(69)49(42-63)75-59/h46-57,59-60,63-64,66-72H,4-44H2,1-3H3,(H,61,65)(H,62,73)/t46-,47+,48+,49+,50+,51+,52-,53+,54+,55+,56+,57-,59+,60-/m0/s1. The number of aliphatic hydroxyl groups is 9. The van der Waals surface area contributed by atoms with Crippen molar-refractivity contribution in [3.8, 4) is 0 Å². The Morgan fingerprint density at radius 1 is 0.481 bits per heavy atom. The Hall–Kier alpha value is -1.58. The quantitative estimate of drug-likeness (QED) is 0.0256. The first kappa shape index (κ1) is 71.5. The summed E-state index contributed by atoms with van der Waals surface area (Å²) in [5.41, 5.74) is 0. The Bertz CT molecular complexity index is 1400. The van der Waals surface area contributed by atoms with Crippen LogP contribution in [-0.2, 0) is 28.5 Å². The molecule has 0 unspecified atom stereocenters. The van der Waals surface area contributed by atoms with Gasteiger partial charge in [-0.1, -0.05) is 245 Å². The van der Waals surface area contributed by atoms with E-state index in [2.05, 4.69) is 24.5 Å². The van der Waals surface area contributed by atoms with Gasteiger partial charge in [-0.05, 0) is 12.8 Å². The molecular weight excluding hydrogens is 989 g/mol. The van der Waals surface area contributed by atoms with E-state index in [0.29, 0.717) is 12.8 Å². The minimum absolute atomic E-state index is 0.203. The van der Waals surface area contributed by atoms with Gasteiger partial charge in [0.1, 0.15) is 61.0 Å². The van der Waals surface area contributed by atoms with Crippen molar-refractivity contribution >= 4 is 11.8 Å². The molecule has 2 fully saturated rings. The average Bonchev–Trinajstić information content (AvgIpc) is 3.43. The van der Waals surface area contributed by atoms with Crippen LogP contribution < -0.4 is 10.6 Å². The minimum Gasteiger partial charge on any atom is -0.394 e. The third-order valence-electron chi connectivity index (χ3n) is 15.9. The Morgan fingerprint density at radius 3 is 1.25 bits per heavy atom. The van der Waals surface area contributed by atoms with Gasteiger partial charge in [0.05, 0.1) is 32.0 Å². The van der Waals surface area contributed by atoms with Gasteiger partial charge >= 0.3 is 0 Å². The summed E-state index contributed by atoms with van der Waals surface area (Å²) in [6, 6.07) is -2.67. The summed E-state index contributed by atoms with van der Waals surface area (Å²) in [5.74, 6) is -1.37. The van der Waals surface area contributed by atoms with Crippen molar-refractivity contribution in [1.82, 2.24) is 10.6 Å². The lowest BCUT2D eigenvalue weighted by molar-refractivity contribution is -0.347.